The van der Waals surface area contributed by atoms with E-state index in [2.05, 4.69) is 20.9 Å². The van der Waals surface area contributed by atoms with Gasteiger partial charge < -0.3 is 10.1 Å². The Balaban J connectivity index is 1.99. The van der Waals surface area contributed by atoms with Gasteiger partial charge in [0.1, 0.15) is 5.75 Å². The van der Waals surface area contributed by atoms with E-state index >= 15 is 0 Å². The second kappa shape index (κ2) is 5.45. The Bertz CT molecular complexity index is 544. The fourth-order valence-electron chi connectivity index (χ4n) is 2.74. The first kappa shape index (κ1) is 12.2. The normalized spacial score (nSPS) is 19.3. The summed E-state index contributed by atoms with van der Waals surface area (Å²) in [6.07, 6.45) is 6.29. The molecule has 2 heterocycles. The Morgan fingerprint density at radius 3 is 3.05 bits per heavy atom. The van der Waals surface area contributed by atoms with Crippen molar-refractivity contribution in [2.24, 2.45) is 0 Å². The molecule has 1 aromatic heterocycles. The van der Waals surface area contributed by atoms with E-state index in [4.69, 9.17) is 4.74 Å². The number of aromatic nitrogens is 2. The van der Waals surface area contributed by atoms with Crippen LogP contribution in [0.5, 0.6) is 5.75 Å². The molecular formula is C15H19N3O. The van der Waals surface area contributed by atoms with Crippen molar-refractivity contribution in [1.82, 2.24) is 14.9 Å². The van der Waals surface area contributed by atoms with Crippen molar-refractivity contribution in [3.8, 4) is 11.4 Å². The summed E-state index contributed by atoms with van der Waals surface area (Å²) in [7, 11) is 1.71. The molecule has 0 amide bonds. The number of piperidine rings is 1. The van der Waals surface area contributed by atoms with Crippen molar-refractivity contribution in [3.05, 3.63) is 42.5 Å². The first-order chi connectivity index (χ1) is 9.40. The molecule has 0 radical (unpaired) electrons. The van der Waals surface area contributed by atoms with Crippen LogP contribution in [0.25, 0.3) is 5.69 Å². The van der Waals surface area contributed by atoms with Crippen LogP contribution in [-0.2, 0) is 0 Å². The van der Waals surface area contributed by atoms with E-state index in [1.54, 1.807) is 7.11 Å². The molecule has 3 rings (SSSR count). The lowest BCUT2D eigenvalue weighted by molar-refractivity contribution is 0.410. The molecule has 1 N–H and O–H groups in total. The van der Waals surface area contributed by atoms with Crippen LogP contribution >= 0.6 is 0 Å². The maximum Gasteiger partial charge on any atom is 0.142 e. The summed E-state index contributed by atoms with van der Waals surface area (Å²) in [5.74, 6) is 1.41. The van der Waals surface area contributed by atoms with E-state index in [0.29, 0.717) is 5.92 Å². The van der Waals surface area contributed by atoms with Gasteiger partial charge in [-0.2, -0.15) is 0 Å². The monoisotopic (exact) mass is 257 g/mol. The lowest BCUT2D eigenvalue weighted by Gasteiger charge is -2.24. The van der Waals surface area contributed by atoms with Crippen LogP contribution in [0.15, 0.2) is 36.8 Å². The van der Waals surface area contributed by atoms with Crippen molar-refractivity contribution in [3.63, 3.8) is 0 Å². The molecule has 2 aromatic rings. The number of benzene rings is 1. The lowest BCUT2D eigenvalue weighted by Crippen LogP contribution is -2.29. The Morgan fingerprint density at radius 2 is 2.26 bits per heavy atom. The average Bonchev–Trinajstić information content (AvgIpc) is 2.97. The van der Waals surface area contributed by atoms with Gasteiger partial charge in [0.2, 0.25) is 0 Å². The van der Waals surface area contributed by atoms with Crippen molar-refractivity contribution in [1.29, 1.82) is 0 Å². The molecule has 4 heteroatoms. The minimum Gasteiger partial charge on any atom is -0.495 e. The molecule has 1 unspecified atom stereocenters. The van der Waals surface area contributed by atoms with Gasteiger partial charge in [0, 0.05) is 24.4 Å². The number of methoxy groups -OCH3 is 1. The average molecular weight is 257 g/mol. The van der Waals surface area contributed by atoms with Crippen LogP contribution < -0.4 is 10.1 Å². The number of nitrogens with zero attached hydrogens (tertiary/aromatic N) is 2. The predicted molar refractivity (Wildman–Crippen MR) is 75.0 cm³/mol. The molecule has 1 fully saturated rings. The van der Waals surface area contributed by atoms with Gasteiger partial charge in [-0.25, -0.2) is 4.98 Å². The highest BCUT2D eigenvalue weighted by Crippen LogP contribution is 2.29. The summed E-state index contributed by atoms with van der Waals surface area (Å²) in [6.45, 7) is 2.15. The molecule has 19 heavy (non-hydrogen) atoms. The van der Waals surface area contributed by atoms with Crippen LogP contribution in [0, 0.1) is 0 Å². The second-order valence-corrected chi connectivity index (χ2v) is 4.90. The quantitative estimate of drug-likeness (QED) is 0.917. The SMILES string of the molecule is COc1ccccc1-n1cncc1C1CCCNC1. The molecule has 0 saturated carbocycles. The molecule has 1 aliphatic heterocycles. The van der Waals surface area contributed by atoms with E-state index in [0.717, 1.165) is 24.5 Å². The summed E-state index contributed by atoms with van der Waals surface area (Å²) in [6, 6.07) is 8.07. The minimum atomic E-state index is 0.529. The van der Waals surface area contributed by atoms with E-state index in [1.807, 2.05) is 30.7 Å². The van der Waals surface area contributed by atoms with Gasteiger partial charge in [-0.3, -0.25) is 4.57 Å². The molecule has 100 valence electrons. The molecular weight excluding hydrogens is 238 g/mol. The van der Waals surface area contributed by atoms with Gasteiger partial charge in [-0.1, -0.05) is 12.1 Å². The molecule has 1 aromatic carbocycles. The van der Waals surface area contributed by atoms with E-state index in [1.165, 1.54) is 18.5 Å². The van der Waals surface area contributed by atoms with Gasteiger partial charge >= 0.3 is 0 Å². The van der Waals surface area contributed by atoms with E-state index in [9.17, 15) is 0 Å². The molecule has 4 nitrogen and oxygen atoms in total. The van der Waals surface area contributed by atoms with Crippen LogP contribution in [0.2, 0.25) is 0 Å². The zero-order valence-corrected chi connectivity index (χ0v) is 11.2. The number of hydrogen-bond acceptors (Lipinski definition) is 3. The highest BCUT2D eigenvalue weighted by molar-refractivity contribution is 5.47. The molecule has 0 aliphatic carbocycles. The number of imidazole rings is 1. The molecule has 0 spiro atoms. The highest BCUT2D eigenvalue weighted by atomic mass is 16.5. The summed E-state index contributed by atoms with van der Waals surface area (Å²) in [5.41, 5.74) is 2.32. The van der Waals surface area contributed by atoms with Crippen LogP contribution in [-0.4, -0.2) is 29.8 Å². The van der Waals surface area contributed by atoms with Gasteiger partial charge in [0.05, 0.1) is 19.1 Å². The third-order valence-electron chi connectivity index (χ3n) is 3.73. The summed E-state index contributed by atoms with van der Waals surface area (Å²) in [5, 5.41) is 3.46. The zero-order valence-electron chi connectivity index (χ0n) is 11.2. The number of hydrogen-bond donors (Lipinski definition) is 1. The minimum absolute atomic E-state index is 0.529. The number of para-hydroxylation sites is 2. The second-order valence-electron chi connectivity index (χ2n) is 4.90. The topological polar surface area (TPSA) is 39.1 Å². The maximum atomic E-state index is 5.45. The molecule has 1 saturated heterocycles. The Labute approximate surface area is 113 Å². The number of ether oxygens (including phenoxy) is 1. The first-order valence-corrected chi connectivity index (χ1v) is 6.76. The van der Waals surface area contributed by atoms with Crippen LogP contribution in [0.1, 0.15) is 24.5 Å². The van der Waals surface area contributed by atoms with Gasteiger partial charge in [-0.05, 0) is 31.5 Å². The van der Waals surface area contributed by atoms with Crippen LogP contribution in [0.4, 0.5) is 0 Å². The summed E-state index contributed by atoms with van der Waals surface area (Å²) in [4.78, 5) is 4.33. The number of rotatable bonds is 3. The lowest BCUT2D eigenvalue weighted by atomic mass is 9.96. The largest absolute Gasteiger partial charge is 0.495 e. The predicted octanol–water partition coefficient (Wildman–Crippen LogP) is 2.35. The molecule has 0 bridgehead atoms. The maximum absolute atomic E-state index is 5.45. The molecule has 1 aliphatic rings. The highest BCUT2D eigenvalue weighted by Gasteiger charge is 2.20. The fourth-order valence-corrected chi connectivity index (χ4v) is 2.74. The standard InChI is InChI=1S/C15H19N3O/c1-19-15-7-3-2-6-13(15)18-11-17-10-14(18)12-5-4-8-16-9-12/h2-3,6-7,10-12,16H,4-5,8-9H2,1H3. The summed E-state index contributed by atoms with van der Waals surface area (Å²) >= 11 is 0. The third-order valence-corrected chi connectivity index (χ3v) is 3.73. The number of nitrogens with one attached hydrogen (secondary N) is 1. The summed E-state index contributed by atoms with van der Waals surface area (Å²) < 4.78 is 7.60. The Hall–Kier alpha value is -1.81. The zero-order chi connectivity index (χ0) is 13.1. The van der Waals surface area contributed by atoms with E-state index in [-0.39, 0.29) is 0 Å². The van der Waals surface area contributed by atoms with Crippen molar-refractivity contribution in [2.45, 2.75) is 18.8 Å². The van der Waals surface area contributed by atoms with Crippen molar-refractivity contribution >= 4 is 0 Å². The van der Waals surface area contributed by atoms with Crippen molar-refractivity contribution < 1.29 is 4.74 Å². The van der Waals surface area contributed by atoms with Crippen LogP contribution in [0.3, 0.4) is 0 Å². The Morgan fingerprint density at radius 1 is 1.37 bits per heavy atom. The van der Waals surface area contributed by atoms with Crippen molar-refractivity contribution in [2.75, 3.05) is 20.2 Å². The molecule has 1 atom stereocenters. The first-order valence-electron chi connectivity index (χ1n) is 6.76. The smallest absolute Gasteiger partial charge is 0.142 e. The fraction of sp³-hybridized carbons (Fsp3) is 0.400. The van der Waals surface area contributed by atoms with E-state index < -0.39 is 0 Å². The van der Waals surface area contributed by atoms with Gasteiger partial charge in [0.15, 0.2) is 0 Å². The third kappa shape index (κ3) is 2.36. The van der Waals surface area contributed by atoms with Gasteiger partial charge in [0.25, 0.3) is 0 Å². The van der Waals surface area contributed by atoms with Gasteiger partial charge in [-0.15, -0.1) is 0 Å². The Kier molecular flexibility index (Phi) is 3.51.